The van der Waals surface area contributed by atoms with Crippen LogP contribution in [0, 0.1) is 34.5 Å². The van der Waals surface area contributed by atoms with Crippen LogP contribution in [-0.2, 0) is 47.7 Å². The minimum absolute atomic E-state index is 0.0605. The Hall–Kier alpha value is -4.06. The van der Waals surface area contributed by atoms with Gasteiger partial charge in [-0.25, -0.2) is 19.2 Å². The summed E-state index contributed by atoms with van der Waals surface area (Å²) < 4.78 is 72.8. The van der Waals surface area contributed by atoms with E-state index in [-0.39, 0.29) is 36.0 Å². The zero-order chi connectivity index (χ0) is 52.2. The first-order chi connectivity index (χ1) is 31.0. The maximum atomic E-state index is 13.2. The molecule has 4 N–H and O–H groups in total. The van der Waals surface area contributed by atoms with Crippen LogP contribution < -0.4 is 0 Å². The lowest BCUT2D eigenvalue weighted by molar-refractivity contribution is -0.225. The molecule has 0 heterocycles. The first kappa shape index (κ1) is 58.3. The van der Waals surface area contributed by atoms with Crippen LogP contribution in [0.3, 0.4) is 0 Å². The lowest BCUT2D eigenvalue weighted by atomic mass is 9.52. The lowest BCUT2D eigenvalue weighted by Crippen LogP contribution is -2.61. The zero-order valence-corrected chi connectivity index (χ0v) is 41.6. The van der Waals surface area contributed by atoms with E-state index in [0.29, 0.717) is 48.5 Å². The molecular formula is C50H76F4O14. The predicted molar refractivity (Wildman–Crippen MR) is 240 cm³/mol. The van der Waals surface area contributed by atoms with E-state index in [0.717, 1.165) is 57.8 Å². The molecule has 6 atom stereocenters. The van der Waals surface area contributed by atoms with E-state index in [1.807, 2.05) is 20.8 Å². The van der Waals surface area contributed by atoms with Crippen molar-refractivity contribution >= 4 is 35.8 Å². The van der Waals surface area contributed by atoms with Crippen LogP contribution in [0.2, 0.25) is 0 Å². The third kappa shape index (κ3) is 14.1. The number of alkyl halides is 4. The Labute approximate surface area is 397 Å². The second-order valence-electron chi connectivity index (χ2n) is 22.0. The summed E-state index contributed by atoms with van der Waals surface area (Å²) in [4.78, 5) is 67.2. The van der Waals surface area contributed by atoms with Crippen molar-refractivity contribution in [2.75, 3.05) is 0 Å². The second-order valence-corrected chi connectivity index (χ2v) is 22.0. The smallest absolute Gasteiger partial charge is 0.378 e. The van der Waals surface area contributed by atoms with E-state index >= 15 is 0 Å². The highest BCUT2D eigenvalue weighted by Crippen LogP contribution is 2.60. The summed E-state index contributed by atoms with van der Waals surface area (Å²) >= 11 is 0. The van der Waals surface area contributed by atoms with Crippen LogP contribution in [0.15, 0.2) is 24.3 Å². The molecular weight excluding hydrogens is 901 g/mol. The fraction of sp³-hybridized carbons (Fsp3) is 0.800. The van der Waals surface area contributed by atoms with Crippen molar-refractivity contribution in [3.05, 3.63) is 24.3 Å². The molecule has 0 radical (unpaired) electrons. The molecule has 0 amide bonds. The van der Waals surface area contributed by atoms with Crippen LogP contribution in [0.1, 0.15) is 172 Å². The van der Waals surface area contributed by atoms with E-state index in [4.69, 9.17) is 19.7 Å². The minimum atomic E-state index is -4.08. The number of carbonyl (C=O) groups excluding carboxylic acids is 4. The highest BCUT2D eigenvalue weighted by molar-refractivity contribution is 5.88. The van der Waals surface area contributed by atoms with Crippen molar-refractivity contribution in [2.45, 2.75) is 218 Å². The Kier molecular flexibility index (Phi) is 18.4. The van der Waals surface area contributed by atoms with Gasteiger partial charge >= 0.3 is 47.7 Å². The van der Waals surface area contributed by atoms with Gasteiger partial charge in [-0.1, -0.05) is 40.9 Å². The number of hydrogen-bond acceptors (Lipinski definition) is 12. The van der Waals surface area contributed by atoms with Gasteiger partial charge in [0.1, 0.15) is 11.2 Å². The van der Waals surface area contributed by atoms with E-state index in [1.165, 1.54) is 33.6 Å². The molecule has 388 valence electrons. The Bertz CT molecular complexity index is 1880. The maximum absolute atomic E-state index is 13.2. The van der Waals surface area contributed by atoms with E-state index in [1.54, 1.807) is 27.7 Å². The molecule has 18 heteroatoms. The third-order valence-corrected chi connectivity index (χ3v) is 14.8. The van der Waals surface area contributed by atoms with Gasteiger partial charge < -0.3 is 39.4 Å². The number of halogens is 4. The molecule has 8 aliphatic rings. The van der Waals surface area contributed by atoms with Gasteiger partial charge in [0.15, 0.2) is 12.2 Å². The average Bonchev–Trinajstić information content (AvgIpc) is 3.19. The minimum Gasteiger partial charge on any atom is -0.477 e. The van der Waals surface area contributed by atoms with Gasteiger partial charge in [-0.05, 0) is 155 Å². The first-order valence-corrected chi connectivity index (χ1v) is 23.8. The first-order valence-electron chi connectivity index (χ1n) is 23.8. The van der Waals surface area contributed by atoms with E-state index in [2.05, 4.69) is 22.6 Å². The number of carboxylic acid groups (broad SMARTS) is 2. The number of carbonyl (C=O) groups is 6. The number of hydrogen-bond donors (Lipinski definition) is 4. The second kappa shape index (κ2) is 21.5. The van der Waals surface area contributed by atoms with Gasteiger partial charge in [0, 0.05) is 24.0 Å². The Balaban J connectivity index is 0.000000241. The van der Waals surface area contributed by atoms with Crippen molar-refractivity contribution in [3.8, 4) is 0 Å². The van der Waals surface area contributed by atoms with E-state index in [9.17, 15) is 56.5 Å². The third-order valence-electron chi connectivity index (χ3n) is 14.8. The number of rotatable bonds is 16. The molecule has 0 saturated heterocycles. The largest absolute Gasteiger partial charge is 0.477 e. The Morgan fingerprint density at radius 2 is 0.882 bits per heavy atom. The number of aliphatic hydroxyl groups is 2. The van der Waals surface area contributed by atoms with Crippen molar-refractivity contribution < 1.29 is 85.7 Å². The summed E-state index contributed by atoms with van der Waals surface area (Å²) in [6.07, 6.45) is 7.91. The molecule has 0 aromatic rings. The molecule has 0 aromatic heterocycles. The van der Waals surface area contributed by atoms with Crippen molar-refractivity contribution in [2.24, 2.45) is 34.5 Å². The average molecular weight is 977 g/mol. The molecule has 14 nitrogen and oxygen atoms in total. The number of aliphatic carboxylic acids is 2. The van der Waals surface area contributed by atoms with Gasteiger partial charge in [0.25, 0.3) is 0 Å². The Morgan fingerprint density at radius 3 is 1.18 bits per heavy atom. The highest BCUT2D eigenvalue weighted by atomic mass is 19.3. The van der Waals surface area contributed by atoms with Crippen molar-refractivity contribution in [1.82, 2.24) is 0 Å². The number of esters is 4. The normalized spacial score (nSPS) is 30.6. The molecule has 8 rings (SSSR count). The van der Waals surface area contributed by atoms with Crippen molar-refractivity contribution in [3.63, 3.8) is 0 Å². The monoisotopic (exact) mass is 977 g/mol. The summed E-state index contributed by atoms with van der Waals surface area (Å²) in [5, 5.41) is 37.8. The number of carboxylic acids is 2. The van der Waals surface area contributed by atoms with Gasteiger partial charge in [-0.3, -0.25) is 9.59 Å². The van der Waals surface area contributed by atoms with Crippen LogP contribution in [-0.4, -0.2) is 103 Å². The molecule has 0 spiro atoms. The van der Waals surface area contributed by atoms with Crippen LogP contribution >= 0.6 is 0 Å². The van der Waals surface area contributed by atoms with Crippen molar-refractivity contribution in [1.29, 1.82) is 0 Å². The summed E-state index contributed by atoms with van der Waals surface area (Å²) in [6, 6.07) is 0. The highest BCUT2D eigenvalue weighted by Gasteiger charge is 2.61. The lowest BCUT2D eigenvalue weighted by Gasteiger charge is -2.59. The molecule has 8 bridgehead atoms. The summed E-state index contributed by atoms with van der Waals surface area (Å²) in [7, 11) is 0. The molecule has 0 aromatic carbocycles. The molecule has 8 fully saturated rings. The predicted octanol–water partition coefficient (Wildman–Crippen LogP) is 9.31. The molecule has 68 heavy (non-hydrogen) atoms. The van der Waals surface area contributed by atoms with Crippen LogP contribution in [0.4, 0.5) is 17.6 Å². The fourth-order valence-corrected chi connectivity index (χ4v) is 11.0. The standard InChI is InChI=1S/C16H26O3.C14H20O3.C11H18F2O4.C9H12F2O4/c1-4-14(2,3)13(17)19-16-8-11-5-12(9-16)7-15(18,6-11)10-16;1-9(2)12(15)17-14-6-10-3-11(7-14)5-13(16,4-10)8-14;1-5-7(11(12,13)8(14)15)17-9(16)10(3,4)6-2;1-4-6(9(10,11)8(13)14)15-7(12)5(2)3/h11-12,18H,4-10H2,1-3H3;10-11,16H,1,3-8H2,2H3;7H,5-6H2,1-4H3,(H,14,15);6H,2,4H2,1,3H3,(H,13,14). The summed E-state index contributed by atoms with van der Waals surface area (Å²) in [6.45, 7) is 23.2. The quantitative estimate of drug-likeness (QED) is 0.0490. The molecule has 8 aliphatic carbocycles. The van der Waals surface area contributed by atoms with Crippen LogP contribution in [0.5, 0.6) is 0 Å². The Morgan fingerprint density at radius 1 is 0.559 bits per heavy atom. The molecule has 0 aliphatic heterocycles. The van der Waals surface area contributed by atoms with Gasteiger partial charge in [-0.2, -0.15) is 17.6 Å². The van der Waals surface area contributed by atoms with Crippen LogP contribution in [0.25, 0.3) is 0 Å². The topological polar surface area (TPSA) is 220 Å². The summed E-state index contributed by atoms with van der Waals surface area (Å²) in [5.41, 5.74) is -2.80. The molecule has 6 unspecified atom stereocenters. The maximum Gasteiger partial charge on any atom is 0.378 e. The van der Waals surface area contributed by atoms with Gasteiger partial charge in [-0.15, -0.1) is 0 Å². The zero-order valence-electron chi connectivity index (χ0n) is 41.6. The SMILES string of the molecule is C=C(C)C(=O)OC(CC)C(F)(F)C(=O)O.C=C(C)C(=O)OC12CC3CC(CC(O)(C3)C1)C2.CCC(C)(C)C(=O)OC12CC3CC(CC(O)(C3)C1)C2.CCC(OC(=O)C(C)(C)CC)C(F)(F)C(=O)O. The van der Waals surface area contributed by atoms with Gasteiger partial charge in [0.2, 0.25) is 0 Å². The van der Waals surface area contributed by atoms with Gasteiger partial charge in [0.05, 0.1) is 22.0 Å². The number of ether oxygens (including phenoxy) is 4. The molecule has 8 saturated carbocycles. The van der Waals surface area contributed by atoms with E-state index < -0.39 is 75.6 Å². The fourth-order valence-electron chi connectivity index (χ4n) is 11.0. The summed E-state index contributed by atoms with van der Waals surface area (Å²) in [5.74, 6) is -12.8.